The zero-order valence-electron chi connectivity index (χ0n) is 11.8. The summed E-state index contributed by atoms with van der Waals surface area (Å²) in [7, 11) is 0. The van der Waals surface area contributed by atoms with Crippen molar-refractivity contribution in [3.05, 3.63) is 20.8 Å². The number of pyridine rings is 1. The Kier molecular flexibility index (Phi) is 5.57. The van der Waals surface area contributed by atoms with E-state index in [9.17, 15) is 4.79 Å². The van der Waals surface area contributed by atoms with Gasteiger partial charge in [0.25, 0.3) is 5.82 Å². The van der Waals surface area contributed by atoms with Crippen LogP contribution in [0.2, 0.25) is 15.2 Å². The second-order valence-electron chi connectivity index (χ2n) is 4.58. The van der Waals surface area contributed by atoms with Crippen molar-refractivity contribution in [2.75, 3.05) is 37.7 Å². The quantitative estimate of drug-likeness (QED) is 0.756. The average molecular weight is 365 g/mol. The molecule has 9 heteroatoms. The summed E-state index contributed by atoms with van der Waals surface area (Å²) in [6.45, 7) is 4.21. The maximum Gasteiger partial charge on any atom is 0.410 e. The van der Waals surface area contributed by atoms with Gasteiger partial charge in [-0.05, 0) is 18.5 Å². The number of carbonyl (C=O) groups is 1. The molecule has 2 heterocycles. The number of aromatic nitrogens is 1. The number of nitrogens with zero attached hydrogens (tertiary/aromatic N) is 3. The summed E-state index contributed by atoms with van der Waals surface area (Å²) in [5.41, 5.74) is 0.113. The molecule has 0 atom stereocenters. The molecule has 1 aliphatic rings. The Bertz CT molecular complexity index is 625. The molecule has 1 aromatic rings. The Morgan fingerprint density at radius 3 is 2.45 bits per heavy atom. The van der Waals surface area contributed by atoms with Gasteiger partial charge in [-0.2, -0.15) is 5.26 Å². The number of piperazine rings is 1. The van der Waals surface area contributed by atoms with Crippen molar-refractivity contribution in [3.63, 3.8) is 0 Å². The van der Waals surface area contributed by atoms with Crippen LogP contribution in [0.15, 0.2) is 0 Å². The van der Waals surface area contributed by atoms with Crippen LogP contribution in [0, 0.1) is 11.3 Å². The van der Waals surface area contributed by atoms with E-state index in [1.165, 1.54) is 0 Å². The summed E-state index contributed by atoms with van der Waals surface area (Å²) < 4.78 is 4.97. The molecule has 1 N–H and O–H groups in total. The predicted molar refractivity (Wildman–Crippen MR) is 83.6 cm³/mol. The number of H-pyrrole nitrogens is 1. The Morgan fingerprint density at radius 2 is 1.91 bits per heavy atom. The number of hydrogen-bond donors (Lipinski definition) is 0. The highest BCUT2D eigenvalue weighted by Crippen LogP contribution is 2.34. The molecular formula is C13H14Cl3N4O2+. The first kappa shape index (κ1) is 16.9. The van der Waals surface area contributed by atoms with Crippen LogP contribution in [-0.2, 0) is 4.74 Å². The lowest BCUT2D eigenvalue weighted by Crippen LogP contribution is -2.50. The second-order valence-corrected chi connectivity index (χ2v) is 5.71. The van der Waals surface area contributed by atoms with Crippen LogP contribution in [0.4, 0.5) is 10.6 Å². The molecular weight excluding hydrogens is 351 g/mol. The smallest absolute Gasteiger partial charge is 0.410 e. The van der Waals surface area contributed by atoms with E-state index in [1.807, 2.05) is 11.0 Å². The van der Waals surface area contributed by atoms with Gasteiger partial charge < -0.3 is 9.64 Å². The number of halogens is 3. The van der Waals surface area contributed by atoms with E-state index in [1.54, 1.807) is 11.8 Å². The van der Waals surface area contributed by atoms with E-state index < -0.39 is 0 Å². The van der Waals surface area contributed by atoms with Gasteiger partial charge in [-0.25, -0.2) is 9.78 Å². The molecule has 1 aliphatic heterocycles. The third kappa shape index (κ3) is 3.32. The Morgan fingerprint density at radius 1 is 1.27 bits per heavy atom. The molecule has 118 valence electrons. The molecule has 0 radical (unpaired) electrons. The number of hydrogen-bond acceptors (Lipinski definition) is 4. The number of nitriles is 1. The van der Waals surface area contributed by atoms with E-state index in [0.717, 1.165) is 0 Å². The fourth-order valence-electron chi connectivity index (χ4n) is 2.17. The first-order valence-electron chi connectivity index (χ1n) is 6.66. The summed E-state index contributed by atoms with van der Waals surface area (Å²) in [4.78, 5) is 18.1. The number of rotatable bonds is 2. The van der Waals surface area contributed by atoms with Crippen molar-refractivity contribution < 1.29 is 14.5 Å². The standard InChI is InChI=1S/C13H13Cl3N4O2/c1-2-22-13(21)20-5-3-19(4-6-20)12-10(15)9(14)8(7-17)11(16)18-12/h2-6H2,1H3/p+1. The maximum atomic E-state index is 11.7. The molecule has 0 saturated carbocycles. The molecule has 1 aromatic heterocycles. The van der Waals surface area contributed by atoms with E-state index in [2.05, 4.69) is 4.98 Å². The van der Waals surface area contributed by atoms with E-state index in [-0.39, 0.29) is 26.9 Å². The summed E-state index contributed by atoms with van der Waals surface area (Å²) in [6.07, 6.45) is -0.326. The van der Waals surface area contributed by atoms with Crippen molar-refractivity contribution in [3.8, 4) is 6.07 Å². The predicted octanol–water partition coefficient (Wildman–Crippen LogP) is 2.61. The molecule has 0 spiro atoms. The van der Waals surface area contributed by atoms with Gasteiger partial charge in [0.1, 0.15) is 29.7 Å². The van der Waals surface area contributed by atoms with Crippen LogP contribution >= 0.6 is 34.8 Å². The lowest BCUT2D eigenvalue weighted by molar-refractivity contribution is -0.361. The van der Waals surface area contributed by atoms with E-state index in [4.69, 9.17) is 44.8 Å². The minimum atomic E-state index is -0.326. The van der Waals surface area contributed by atoms with E-state index >= 15 is 0 Å². The fraction of sp³-hybridized carbons (Fsp3) is 0.462. The topological polar surface area (TPSA) is 70.7 Å². The van der Waals surface area contributed by atoms with Gasteiger partial charge in [0, 0.05) is 0 Å². The molecule has 0 aromatic carbocycles. The van der Waals surface area contributed by atoms with Crippen LogP contribution in [-0.4, -0.2) is 43.8 Å². The molecule has 0 bridgehead atoms. The number of anilines is 1. The molecule has 0 aliphatic carbocycles. The normalized spacial score (nSPS) is 14.7. The van der Waals surface area contributed by atoms with Gasteiger partial charge in [0.2, 0.25) is 5.15 Å². The van der Waals surface area contributed by atoms with Crippen molar-refractivity contribution in [2.24, 2.45) is 0 Å². The highest BCUT2D eigenvalue weighted by molar-refractivity contribution is 6.45. The minimum absolute atomic E-state index is 0.113. The lowest BCUT2D eigenvalue weighted by atomic mass is 10.2. The zero-order chi connectivity index (χ0) is 16.3. The number of nitrogens with one attached hydrogen (secondary N) is 1. The summed E-state index contributed by atoms with van der Waals surface area (Å²) >= 11 is 18.3. The van der Waals surface area contributed by atoms with Crippen molar-refractivity contribution >= 4 is 46.7 Å². The highest BCUT2D eigenvalue weighted by Gasteiger charge is 2.31. The Labute approximate surface area is 143 Å². The maximum absolute atomic E-state index is 11.7. The Balaban J connectivity index is 2.16. The minimum Gasteiger partial charge on any atom is -0.450 e. The van der Waals surface area contributed by atoms with Gasteiger partial charge in [0.15, 0.2) is 0 Å². The lowest BCUT2D eigenvalue weighted by Gasteiger charge is -2.30. The summed E-state index contributed by atoms with van der Waals surface area (Å²) in [5.74, 6) is 0.541. The second kappa shape index (κ2) is 7.23. The van der Waals surface area contributed by atoms with Crippen molar-refractivity contribution in [1.82, 2.24) is 4.90 Å². The van der Waals surface area contributed by atoms with E-state index in [0.29, 0.717) is 38.6 Å². The third-order valence-corrected chi connectivity index (χ3v) is 4.43. The van der Waals surface area contributed by atoms with Gasteiger partial charge in [-0.1, -0.05) is 23.2 Å². The molecule has 2 rings (SSSR count). The van der Waals surface area contributed by atoms with Crippen LogP contribution in [0.5, 0.6) is 0 Å². The molecule has 1 fully saturated rings. The van der Waals surface area contributed by atoms with Crippen molar-refractivity contribution in [1.29, 1.82) is 5.26 Å². The SMILES string of the molecule is CCOC(=O)N1CCN(c2[nH+]c(Cl)c(C#N)c(Cl)c2Cl)CC1. The number of aromatic amines is 1. The van der Waals surface area contributed by atoms with Gasteiger partial charge >= 0.3 is 6.09 Å². The number of amides is 1. The molecule has 1 amide bonds. The monoisotopic (exact) mass is 363 g/mol. The number of ether oxygens (including phenoxy) is 1. The Hall–Kier alpha value is -1.42. The molecule has 6 nitrogen and oxygen atoms in total. The van der Waals surface area contributed by atoms with Crippen molar-refractivity contribution in [2.45, 2.75) is 6.92 Å². The zero-order valence-corrected chi connectivity index (χ0v) is 14.1. The largest absolute Gasteiger partial charge is 0.450 e. The molecule has 1 saturated heterocycles. The van der Waals surface area contributed by atoms with Crippen LogP contribution < -0.4 is 9.88 Å². The third-order valence-electron chi connectivity index (χ3n) is 3.30. The molecule has 22 heavy (non-hydrogen) atoms. The first-order valence-corrected chi connectivity index (χ1v) is 7.79. The summed E-state index contributed by atoms with van der Waals surface area (Å²) in [5, 5.41) is 9.50. The number of carbonyl (C=O) groups excluding carboxylic acids is 1. The van der Waals surface area contributed by atoms with Gasteiger partial charge in [0.05, 0.1) is 24.7 Å². The average Bonchev–Trinajstić information content (AvgIpc) is 2.52. The van der Waals surface area contributed by atoms with Gasteiger partial charge in [-0.15, -0.1) is 0 Å². The molecule has 0 unspecified atom stereocenters. The van der Waals surface area contributed by atoms with Crippen LogP contribution in [0.25, 0.3) is 0 Å². The van der Waals surface area contributed by atoms with Gasteiger partial charge in [-0.3, -0.25) is 4.90 Å². The van der Waals surface area contributed by atoms with Crippen LogP contribution in [0.3, 0.4) is 0 Å². The fourth-order valence-corrected chi connectivity index (χ4v) is 2.94. The summed E-state index contributed by atoms with van der Waals surface area (Å²) in [6, 6.07) is 1.90. The van der Waals surface area contributed by atoms with Crippen LogP contribution in [0.1, 0.15) is 12.5 Å². The first-order chi connectivity index (χ1) is 10.5. The highest BCUT2D eigenvalue weighted by atomic mass is 35.5.